The number of hydrogen-bond acceptors (Lipinski definition) is 3. The molecule has 15 heavy (non-hydrogen) atoms. The maximum Gasteiger partial charge on any atom is 0.0672 e. The first-order chi connectivity index (χ1) is 7.29. The van der Waals surface area contributed by atoms with Crippen LogP contribution in [0.4, 0.5) is 0 Å². The normalized spacial score (nSPS) is 20.3. The van der Waals surface area contributed by atoms with Crippen molar-refractivity contribution in [1.82, 2.24) is 15.1 Å². The summed E-state index contributed by atoms with van der Waals surface area (Å²) in [6, 6.07) is 1.93. The molecule has 2 N–H and O–H groups in total. The van der Waals surface area contributed by atoms with Gasteiger partial charge >= 0.3 is 0 Å². The van der Waals surface area contributed by atoms with Gasteiger partial charge in [0.25, 0.3) is 0 Å². The molecule has 2 rings (SSSR count). The fourth-order valence-electron chi connectivity index (χ4n) is 2.14. The molecule has 1 aliphatic rings. The molecule has 0 bridgehead atoms. The zero-order valence-corrected chi connectivity index (χ0v) is 9.02. The molecule has 1 aromatic heterocycles. The molecular formula is C11H19N3O. The summed E-state index contributed by atoms with van der Waals surface area (Å²) in [6.45, 7) is 2.79. The lowest BCUT2D eigenvalue weighted by molar-refractivity contribution is -0.000250. The summed E-state index contributed by atoms with van der Waals surface area (Å²) < 4.78 is 1.92. The van der Waals surface area contributed by atoms with Crippen LogP contribution in [0, 0.1) is 0 Å². The van der Waals surface area contributed by atoms with Crippen LogP contribution in [0.1, 0.15) is 25.7 Å². The highest BCUT2D eigenvalue weighted by Crippen LogP contribution is 2.23. The van der Waals surface area contributed by atoms with E-state index in [1.165, 1.54) is 0 Å². The molecular weight excluding hydrogens is 190 g/mol. The van der Waals surface area contributed by atoms with Crippen molar-refractivity contribution >= 4 is 0 Å². The highest BCUT2D eigenvalue weighted by Gasteiger charge is 2.28. The molecule has 0 aromatic carbocycles. The Kier molecular flexibility index (Phi) is 3.38. The Hall–Kier alpha value is -0.870. The third-order valence-corrected chi connectivity index (χ3v) is 3.12. The number of aryl methyl sites for hydroxylation is 1. The second-order valence-corrected chi connectivity index (χ2v) is 4.35. The Morgan fingerprint density at radius 2 is 2.20 bits per heavy atom. The van der Waals surface area contributed by atoms with Gasteiger partial charge in [0.2, 0.25) is 0 Å². The minimum Gasteiger partial charge on any atom is -0.390 e. The van der Waals surface area contributed by atoms with Gasteiger partial charge in [-0.2, -0.15) is 5.10 Å². The van der Waals surface area contributed by atoms with Crippen molar-refractivity contribution in [3.05, 3.63) is 18.5 Å². The third kappa shape index (κ3) is 3.04. The van der Waals surface area contributed by atoms with Gasteiger partial charge < -0.3 is 10.4 Å². The van der Waals surface area contributed by atoms with Gasteiger partial charge in [-0.1, -0.05) is 0 Å². The summed E-state index contributed by atoms with van der Waals surface area (Å²) in [5.41, 5.74) is -0.432. The zero-order chi connectivity index (χ0) is 10.6. The first-order valence-corrected chi connectivity index (χ1v) is 5.69. The number of aromatic nitrogens is 2. The van der Waals surface area contributed by atoms with E-state index >= 15 is 0 Å². The van der Waals surface area contributed by atoms with E-state index in [4.69, 9.17) is 0 Å². The van der Waals surface area contributed by atoms with Crippen LogP contribution in [-0.2, 0) is 6.54 Å². The molecule has 4 heteroatoms. The summed E-state index contributed by atoms with van der Waals surface area (Å²) in [5, 5.41) is 17.6. The first kappa shape index (κ1) is 10.6. The van der Waals surface area contributed by atoms with Crippen LogP contribution in [0.5, 0.6) is 0 Å². The highest BCUT2D eigenvalue weighted by molar-refractivity contribution is 4.84. The van der Waals surface area contributed by atoms with E-state index in [0.29, 0.717) is 0 Å². The SMILES string of the molecule is OC1(CCCn2cccn2)CCNCC1. The van der Waals surface area contributed by atoms with Crippen LogP contribution >= 0.6 is 0 Å². The van der Waals surface area contributed by atoms with Crippen LogP contribution in [0.15, 0.2) is 18.5 Å². The van der Waals surface area contributed by atoms with Crippen molar-refractivity contribution in [2.75, 3.05) is 13.1 Å². The Morgan fingerprint density at radius 3 is 2.87 bits per heavy atom. The number of rotatable bonds is 4. The summed E-state index contributed by atoms with van der Waals surface area (Å²) in [4.78, 5) is 0. The van der Waals surface area contributed by atoms with Crippen molar-refractivity contribution in [2.24, 2.45) is 0 Å². The first-order valence-electron chi connectivity index (χ1n) is 5.69. The maximum absolute atomic E-state index is 10.2. The molecule has 0 aliphatic carbocycles. The van der Waals surface area contributed by atoms with Crippen LogP contribution in [0.3, 0.4) is 0 Å². The van der Waals surface area contributed by atoms with Gasteiger partial charge in [-0.15, -0.1) is 0 Å². The standard InChI is InChI=1S/C11H19N3O/c15-11(4-7-12-8-5-11)3-1-9-14-10-2-6-13-14/h2,6,10,12,15H,1,3-5,7-9H2. The average Bonchev–Trinajstić information content (AvgIpc) is 2.71. The van der Waals surface area contributed by atoms with E-state index < -0.39 is 5.60 Å². The average molecular weight is 209 g/mol. The Bertz CT molecular complexity index is 278. The number of nitrogens with one attached hydrogen (secondary N) is 1. The van der Waals surface area contributed by atoms with E-state index in [9.17, 15) is 5.11 Å². The molecule has 1 aliphatic heterocycles. The second kappa shape index (κ2) is 4.77. The highest BCUT2D eigenvalue weighted by atomic mass is 16.3. The van der Waals surface area contributed by atoms with Crippen molar-refractivity contribution in [2.45, 2.75) is 37.8 Å². The summed E-state index contributed by atoms with van der Waals surface area (Å²) in [7, 11) is 0. The largest absolute Gasteiger partial charge is 0.390 e. The lowest BCUT2D eigenvalue weighted by Crippen LogP contribution is -2.41. The third-order valence-electron chi connectivity index (χ3n) is 3.12. The van der Waals surface area contributed by atoms with Crippen LogP contribution in [0.25, 0.3) is 0 Å². The quantitative estimate of drug-likeness (QED) is 0.770. The van der Waals surface area contributed by atoms with Crippen molar-refractivity contribution in [3.8, 4) is 0 Å². The van der Waals surface area contributed by atoms with Gasteiger partial charge in [-0.25, -0.2) is 0 Å². The lowest BCUT2D eigenvalue weighted by Gasteiger charge is -2.32. The van der Waals surface area contributed by atoms with E-state index in [1.807, 2.05) is 16.9 Å². The van der Waals surface area contributed by atoms with Crippen LogP contribution < -0.4 is 5.32 Å². The minimum atomic E-state index is -0.432. The summed E-state index contributed by atoms with van der Waals surface area (Å²) in [6.07, 6.45) is 7.40. The molecule has 2 heterocycles. The monoisotopic (exact) mass is 209 g/mol. The number of aliphatic hydroxyl groups is 1. The fourth-order valence-corrected chi connectivity index (χ4v) is 2.14. The van der Waals surface area contributed by atoms with E-state index in [2.05, 4.69) is 10.4 Å². The predicted octanol–water partition coefficient (Wildman–Crippen LogP) is 0.778. The fraction of sp³-hybridized carbons (Fsp3) is 0.727. The summed E-state index contributed by atoms with van der Waals surface area (Å²) in [5.74, 6) is 0. The number of hydrogen-bond donors (Lipinski definition) is 2. The second-order valence-electron chi connectivity index (χ2n) is 4.35. The number of nitrogens with zero attached hydrogens (tertiary/aromatic N) is 2. The van der Waals surface area contributed by atoms with Crippen molar-refractivity contribution < 1.29 is 5.11 Å². The molecule has 84 valence electrons. The molecule has 0 radical (unpaired) electrons. The smallest absolute Gasteiger partial charge is 0.0672 e. The predicted molar refractivity (Wildman–Crippen MR) is 58.5 cm³/mol. The van der Waals surface area contributed by atoms with Crippen molar-refractivity contribution in [3.63, 3.8) is 0 Å². The van der Waals surface area contributed by atoms with E-state index in [1.54, 1.807) is 6.20 Å². The molecule has 0 atom stereocenters. The maximum atomic E-state index is 10.2. The molecule has 1 aromatic rings. The lowest BCUT2D eigenvalue weighted by atomic mass is 9.88. The van der Waals surface area contributed by atoms with Gasteiger partial charge in [-0.05, 0) is 44.8 Å². The Balaban J connectivity index is 1.72. The topological polar surface area (TPSA) is 50.1 Å². The Morgan fingerprint density at radius 1 is 1.40 bits per heavy atom. The van der Waals surface area contributed by atoms with E-state index in [-0.39, 0.29) is 0 Å². The summed E-state index contributed by atoms with van der Waals surface area (Å²) >= 11 is 0. The minimum absolute atomic E-state index is 0.432. The molecule has 0 saturated carbocycles. The Labute approximate surface area is 90.3 Å². The van der Waals surface area contributed by atoms with Gasteiger partial charge in [0.05, 0.1) is 5.60 Å². The molecule has 4 nitrogen and oxygen atoms in total. The molecule has 1 saturated heterocycles. The number of piperidine rings is 1. The van der Waals surface area contributed by atoms with Gasteiger partial charge in [0.15, 0.2) is 0 Å². The molecule has 0 amide bonds. The van der Waals surface area contributed by atoms with Gasteiger partial charge in [0, 0.05) is 18.9 Å². The van der Waals surface area contributed by atoms with Crippen LogP contribution in [0.2, 0.25) is 0 Å². The molecule has 0 unspecified atom stereocenters. The zero-order valence-electron chi connectivity index (χ0n) is 9.02. The van der Waals surface area contributed by atoms with Gasteiger partial charge in [-0.3, -0.25) is 4.68 Å². The van der Waals surface area contributed by atoms with E-state index in [0.717, 1.165) is 45.3 Å². The van der Waals surface area contributed by atoms with Gasteiger partial charge in [0.1, 0.15) is 0 Å². The van der Waals surface area contributed by atoms with Crippen LogP contribution in [-0.4, -0.2) is 33.6 Å². The van der Waals surface area contributed by atoms with Crippen molar-refractivity contribution in [1.29, 1.82) is 0 Å². The molecule has 0 spiro atoms. The molecule has 1 fully saturated rings.